The van der Waals surface area contributed by atoms with Crippen LogP contribution in [0.3, 0.4) is 0 Å². The van der Waals surface area contributed by atoms with Gasteiger partial charge in [-0.25, -0.2) is 4.68 Å². The molecule has 2 aromatic carbocycles. The van der Waals surface area contributed by atoms with Crippen LogP contribution in [0, 0.1) is 0 Å². The average molecular weight is 296 g/mol. The van der Waals surface area contributed by atoms with Gasteiger partial charge in [-0.05, 0) is 24.6 Å². The van der Waals surface area contributed by atoms with Gasteiger partial charge in [0.15, 0.2) is 0 Å². The SMILES string of the molecule is Clc1cccc(-n2nc(-c3ccccc3)c3c2NCC3)c1. The Hall–Kier alpha value is -2.26. The van der Waals surface area contributed by atoms with Gasteiger partial charge in [0.2, 0.25) is 0 Å². The number of anilines is 1. The third-order valence-electron chi connectivity index (χ3n) is 3.75. The maximum Gasteiger partial charge on any atom is 0.133 e. The first kappa shape index (κ1) is 12.5. The second-order valence-corrected chi connectivity index (χ2v) is 5.55. The standard InChI is InChI=1S/C17H14ClN3/c18-13-7-4-8-14(11-13)21-17-15(9-10-19-17)16(20-21)12-5-2-1-3-6-12/h1-8,11,19H,9-10H2. The number of nitrogens with one attached hydrogen (secondary N) is 1. The molecule has 0 saturated heterocycles. The normalized spacial score (nSPS) is 13.0. The zero-order valence-corrected chi connectivity index (χ0v) is 12.1. The van der Waals surface area contributed by atoms with Gasteiger partial charge in [-0.3, -0.25) is 0 Å². The Labute approximate surface area is 128 Å². The summed E-state index contributed by atoms with van der Waals surface area (Å²) >= 11 is 6.11. The number of aromatic nitrogens is 2. The summed E-state index contributed by atoms with van der Waals surface area (Å²) in [5.74, 6) is 1.08. The zero-order chi connectivity index (χ0) is 14.2. The van der Waals surface area contributed by atoms with Crippen molar-refractivity contribution in [3.05, 3.63) is 65.2 Å². The Kier molecular flexibility index (Phi) is 2.93. The van der Waals surface area contributed by atoms with E-state index in [4.69, 9.17) is 16.7 Å². The Morgan fingerprint density at radius 3 is 2.71 bits per heavy atom. The number of benzene rings is 2. The first-order chi connectivity index (χ1) is 10.3. The van der Waals surface area contributed by atoms with Gasteiger partial charge in [-0.15, -0.1) is 0 Å². The second-order valence-electron chi connectivity index (χ2n) is 5.11. The molecule has 4 heteroatoms. The first-order valence-electron chi connectivity index (χ1n) is 7.00. The highest BCUT2D eigenvalue weighted by molar-refractivity contribution is 6.30. The van der Waals surface area contributed by atoms with E-state index in [1.807, 2.05) is 47.1 Å². The van der Waals surface area contributed by atoms with Gasteiger partial charge >= 0.3 is 0 Å². The van der Waals surface area contributed by atoms with Gasteiger partial charge in [-0.1, -0.05) is 48.0 Å². The Morgan fingerprint density at radius 1 is 1.05 bits per heavy atom. The summed E-state index contributed by atoms with van der Waals surface area (Å²) in [4.78, 5) is 0. The van der Waals surface area contributed by atoms with Gasteiger partial charge in [0.05, 0.1) is 11.4 Å². The highest BCUT2D eigenvalue weighted by Crippen LogP contribution is 2.34. The van der Waals surface area contributed by atoms with Gasteiger partial charge in [-0.2, -0.15) is 5.10 Å². The molecule has 1 N–H and O–H groups in total. The summed E-state index contributed by atoms with van der Waals surface area (Å²) in [5, 5.41) is 8.96. The summed E-state index contributed by atoms with van der Waals surface area (Å²) < 4.78 is 1.95. The molecule has 0 fully saturated rings. The summed E-state index contributed by atoms with van der Waals surface area (Å²) in [6.07, 6.45) is 1.00. The highest BCUT2D eigenvalue weighted by atomic mass is 35.5. The van der Waals surface area contributed by atoms with E-state index in [2.05, 4.69) is 17.4 Å². The van der Waals surface area contributed by atoms with E-state index in [9.17, 15) is 0 Å². The molecule has 0 aliphatic carbocycles. The molecule has 3 nitrogen and oxygen atoms in total. The first-order valence-corrected chi connectivity index (χ1v) is 7.38. The minimum atomic E-state index is 0.719. The zero-order valence-electron chi connectivity index (χ0n) is 11.4. The van der Waals surface area contributed by atoms with Crippen molar-refractivity contribution in [2.75, 3.05) is 11.9 Å². The lowest BCUT2D eigenvalue weighted by molar-refractivity contribution is 0.882. The van der Waals surface area contributed by atoms with Gasteiger partial charge in [0.1, 0.15) is 5.82 Å². The fourth-order valence-corrected chi connectivity index (χ4v) is 2.98. The summed E-state index contributed by atoms with van der Waals surface area (Å²) in [6.45, 7) is 0.952. The van der Waals surface area contributed by atoms with E-state index >= 15 is 0 Å². The molecule has 2 heterocycles. The van der Waals surface area contributed by atoms with Gasteiger partial charge in [0.25, 0.3) is 0 Å². The van der Waals surface area contributed by atoms with Crippen LogP contribution in [-0.2, 0) is 6.42 Å². The summed E-state index contributed by atoms with van der Waals surface area (Å²) in [7, 11) is 0. The fraction of sp³-hybridized carbons (Fsp3) is 0.118. The van der Waals surface area contributed by atoms with Crippen LogP contribution in [-0.4, -0.2) is 16.3 Å². The van der Waals surface area contributed by atoms with Crippen LogP contribution in [0.1, 0.15) is 5.56 Å². The van der Waals surface area contributed by atoms with E-state index in [1.54, 1.807) is 0 Å². The quantitative estimate of drug-likeness (QED) is 0.769. The third kappa shape index (κ3) is 2.10. The molecule has 0 amide bonds. The lowest BCUT2D eigenvalue weighted by Gasteiger charge is -2.06. The van der Waals surface area contributed by atoms with Crippen molar-refractivity contribution in [2.24, 2.45) is 0 Å². The van der Waals surface area contributed by atoms with Gasteiger partial charge < -0.3 is 5.32 Å². The molecule has 0 bridgehead atoms. The number of hydrogen-bond donors (Lipinski definition) is 1. The molecule has 1 aliphatic rings. The van der Waals surface area contributed by atoms with E-state index in [0.29, 0.717) is 0 Å². The van der Waals surface area contributed by atoms with Crippen LogP contribution in [0.4, 0.5) is 5.82 Å². The Balaban J connectivity index is 1.91. The molecule has 0 spiro atoms. The van der Waals surface area contributed by atoms with Crippen molar-refractivity contribution in [2.45, 2.75) is 6.42 Å². The number of hydrogen-bond acceptors (Lipinski definition) is 2. The maximum absolute atomic E-state index is 6.11. The van der Waals surface area contributed by atoms with E-state index in [-0.39, 0.29) is 0 Å². The predicted molar refractivity (Wildman–Crippen MR) is 86.2 cm³/mol. The lowest BCUT2D eigenvalue weighted by Crippen LogP contribution is -2.04. The van der Waals surface area contributed by atoms with Crippen LogP contribution >= 0.6 is 11.6 Å². The number of fused-ring (bicyclic) bond motifs is 1. The summed E-state index contributed by atoms with van der Waals surface area (Å²) in [5.41, 5.74) is 4.46. The monoisotopic (exact) mass is 295 g/mol. The van der Waals surface area contributed by atoms with Crippen molar-refractivity contribution in [1.82, 2.24) is 9.78 Å². The molecule has 1 aromatic heterocycles. The highest BCUT2D eigenvalue weighted by Gasteiger charge is 2.23. The van der Waals surface area contributed by atoms with Crippen LogP contribution in [0.25, 0.3) is 16.9 Å². The van der Waals surface area contributed by atoms with Crippen LogP contribution in [0.2, 0.25) is 5.02 Å². The second kappa shape index (κ2) is 4.93. The molecule has 0 atom stereocenters. The number of halogens is 1. The average Bonchev–Trinajstić information content (AvgIpc) is 3.10. The van der Waals surface area contributed by atoms with Crippen molar-refractivity contribution < 1.29 is 0 Å². The topological polar surface area (TPSA) is 29.9 Å². The summed E-state index contributed by atoms with van der Waals surface area (Å²) in [6, 6.07) is 18.1. The number of rotatable bonds is 2. The van der Waals surface area contributed by atoms with E-state index in [1.165, 1.54) is 5.56 Å². The van der Waals surface area contributed by atoms with Gasteiger partial charge in [0, 0.05) is 22.7 Å². The van der Waals surface area contributed by atoms with Crippen molar-refractivity contribution in [1.29, 1.82) is 0 Å². The van der Waals surface area contributed by atoms with E-state index in [0.717, 1.165) is 40.8 Å². The van der Waals surface area contributed by atoms with Crippen molar-refractivity contribution in [3.8, 4) is 16.9 Å². The largest absolute Gasteiger partial charge is 0.369 e. The number of nitrogens with zero attached hydrogens (tertiary/aromatic N) is 2. The Morgan fingerprint density at radius 2 is 1.90 bits per heavy atom. The molecule has 3 aromatic rings. The van der Waals surface area contributed by atoms with E-state index < -0.39 is 0 Å². The third-order valence-corrected chi connectivity index (χ3v) is 3.99. The van der Waals surface area contributed by atoms with Crippen LogP contribution in [0.5, 0.6) is 0 Å². The molecule has 0 radical (unpaired) electrons. The molecule has 0 unspecified atom stereocenters. The molecule has 104 valence electrons. The predicted octanol–water partition coefficient (Wildman–Crippen LogP) is 4.16. The Bertz CT molecular complexity index is 793. The van der Waals surface area contributed by atoms with Crippen LogP contribution < -0.4 is 5.32 Å². The molecule has 21 heavy (non-hydrogen) atoms. The van der Waals surface area contributed by atoms with Crippen molar-refractivity contribution >= 4 is 17.4 Å². The lowest BCUT2D eigenvalue weighted by atomic mass is 10.1. The molecule has 4 rings (SSSR count). The molecular formula is C17H14ClN3. The maximum atomic E-state index is 6.11. The molecule has 1 aliphatic heterocycles. The smallest absolute Gasteiger partial charge is 0.133 e. The minimum Gasteiger partial charge on any atom is -0.369 e. The molecular weight excluding hydrogens is 282 g/mol. The van der Waals surface area contributed by atoms with Crippen molar-refractivity contribution in [3.63, 3.8) is 0 Å². The minimum absolute atomic E-state index is 0.719. The van der Waals surface area contributed by atoms with Crippen LogP contribution in [0.15, 0.2) is 54.6 Å². The fourth-order valence-electron chi connectivity index (χ4n) is 2.80. The molecule has 0 saturated carbocycles.